The Labute approximate surface area is 159 Å². The summed E-state index contributed by atoms with van der Waals surface area (Å²) >= 11 is 0. The highest BCUT2D eigenvalue weighted by Gasteiger charge is 2.30. The van der Waals surface area contributed by atoms with E-state index < -0.39 is 17.8 Å². The van der Waals surface area contributed by atoms with Crippen molar-refractivity contribution in [2.75, 3.05) is 13.1 Å². The molecular weight excluding hydrogens is 375 g/mol. The van der Waals surface area contributed by atoms with Gasteiger partial charge in [-0.1, -0.05) is 12.1 Å². The Hall–Kier alpha value is -2.97. The number of carbonyl (C=O) groups excluding carboxylic acids is 2. The zero-order valence-corrected chi connectivity index (χ0v) is 15.0. The third-order valence-electron chi connectivity index (χ3n) is 4.58. The first-order valence-corrected chi connectivity index (χ1v) is 8.86. The molecular formula is C19H20F3N3O3. The van der Waals surface area contributed by atoms with Crippen LogP contribution in [0.4, 0.5) is 18.0 Å². The molecule has 0 spiro atoms. The number of rotatable bonds is 4. The van der Waals surface area contributed by atoms with Crippen LogP contribution in [0, 0.1) is 0 Å². The summed E-state index contributed by atoms with van der Waals surface area (Å²) < 4.78 is 42.7. The Morgan fingerprint density at radius 1 is 1.11 bits per heavy atom. The Bertz CT molecular complexity index is 796. The van der Waals surface area contributed by atoms with Crippen molar-refractivity contribution >= 4 is 11.9 Å². The van der Waals surface area contributed by atoms with Gasteiger partial charge in [0.2, 0.25) is 0 Å². The van der Waals surface area contributed by atoms with E-state index in [2.05, 4.69) is 10.6 Å². The Balaban J connectivity index is 1.40. The molecule has 1 fully saturated rings. The first-order chi connectivity index (χ1) is 13.3. The molecule has 0 saturated carbocycles. The van der Waals surface area contributed by atoms with Crippen LogP contribution in [0.5, 0.6) is 0 Å². The molecule has 2 N–H and O–H groups in total. The number of amides is 3. The number of hydrogen-bond donors (Lipinski definition) is 2. The van der Waals surface area contributed by atoms with Crippen LogP contribution in [0.3, 0.4) is 0 Å². The van der Waals surface area contributed by atoms with Gasteiger partial charge in [0.25, 0.3) is 5.91 Å². The van der Waals surface area contributed by atoms with Crippen molar-refractivity contribution in [2.24, 2.45) is 0 Å². The SMILES string of the molecule is O=C(NCc1ccc(C(F)(F)F)cc1)NC1CCN(C(=O)c2ccco2)CC1. The average molecular weight is 395 g/mol. The van der Waals surface area contributed by atoms with Crippen LogP contribution >= 0.6 is 0 Å². The first-order valence-electron chi connectivity index (χ1n) is 8.86. The van der Waals surface area contributed by atoms with Crippen molar-refractivity contribution in [1.82, 2.24) is 15.5 Å². The minimum absolute atomic E-state index is 0.0757. The number of hydrogen-bond acceptors (Lipinski definition) is 3. The van der Waals surface area contributed by atoms with Gasteiger partial charge in [-0.2, -0.15) is 13.2 Å². The van der Waals surface area contributed by atoms with E-state index >= 15 is 0 Å². The number of benzene rings is 1. The largest absolute Gasteiger partial charge is 0.459 e. The molecule has 0 atom stereocenters. The number of nitrogens with one attached hydrogen (secondary N) is 2. The van der Waals surface area contributed by atoms with Crippen LogP contribution < -0.4 is 10.6 Å². The molecule has 9 heteroatoms. The van der Waals surface area contributed by atoms with E-state index in [0.717, 1.165) is 12.1 Å². The molecule has 0 unspecified atom stereocenters. The lowest BCUT2D eigenvalue weighted by Crippen LogP contribution is -2.49. The smallest absolute Gasteiger partial charge is 0.416 e. The maximum atomic E-state index is 12.5. The Morgan fingerprint density at radius 3 is 2.36 bits per heavy atom. The van der Waals surface area contributed by atoms with Gasteiger partial charge in [-0.25, -0.2) is 4.79 Å². The standard InChI is InChI=1S/C19H20F3N3O3/c20-19(21,22)14-5-3-13(4-6-14)12-23-18(27)24-15-7-9-25(10-8-15)17(26)16-2-1-11-28-16/h1-6,11,15H,7-10,12H2,(H2,23,24,27). The van der Waals surface area contributed by atoms with Crippen LogP contribution in [0.15, 0.2) is 47.1 Å². The van der Waals surface area contributed by atoms with Crippen molar-refractivity contribution in [3.63, 3.8) is 0 Å². The summed E-state index contributed by atoms with van der Waals surface area (Å²) in [6.45, 7) is 1.13. The van der Waals surface area contributed by atoms with Gasteiger partial charge in [0.05, 0.1) is 11.8 Å². The number of carbonyl (C=O) groups is 2. The summed E-state index contributed by atoms with van der Waals surface area (Å²) in [4.78, 5) is 25.9. The van der Waals surface area contributed by atoms with Gasteiger partial charge < -0.3 is 20.0 Å². The molecule has 0 radical (unpaired) electrons. The van der Waals surface area contributed by atoms with E-state index in [4.69, 9.17) is 4.42 Å². The van der Waals surface area contributed by atoms with Crippen LogP contribution in [0.2, 0.25) is 0 Å². The monoisotopic (exact) mass is 395 g/mol. The topological polar surface area (TPSA) is 74.6 Å². The molecule has 6 nitrogen and oxygen atoms in total. The zero-order chi connectivity index (χ0) is 20.1. The summed E-state index contributed by atoms with van der Waals surface area (Å²) in [6, 6.07) is 7.44. The maximum Gasteiger partial charge on any atom is 0.416 e. The number of nitrogens with zero attached hydrogens (tertiary/aromatic N) is 1. The van der Waals surface area contributed by atoms with E-state index in [1.165, 1.54) is 18.4 Å². The first kappa shape index (κ1) is 19.8. The summed E-state index contributed by atoms with van der Waals surface area (Å²) in [5.41, 5.74) is -0.154. The minimum atomic E-state index is -4.38. The van der Waals surface area contributed by atoms with Crippen molar-refractivity contribution in [1.29, 1.82) is 0 Å². The summed E-state index contributed by atoms with van der Waals surface area (Å²) in [5.74, 6) is 0.121. The lowest BCUT2D eigenvalue weighted by molar-refractivity contribution is -0.137. The quantitative estimate of drug-likeness (QED) is 0.833. The number of piperidine rings is 1. The van der Waals surface area contributed by atoms with Gasteiger partial charge in [0, 0.05) is 25.7 Å². The van der Waals surface area contributed by atoms with Crippen molar-refractivity contribution < 1.29 is 27.2 Å². The Morgan fingerprint density at radius 2 is 1.79 bits per heavy atom. The molecule has 3 rings (SSSR count). The highest BCUT2D eigenvalue weighted by Crippen LogP contribution is 2.29. The van der Waals surface area contributed by atoms with Crippen LogP contribution in [0.25, 0.3) is 0 Å². The van der Waals surface area contributed by atoms with Gasteiger partial charge in [-0.3, -0.25) is 4.79 Å². The highest BCUT2D eigenvalue weighted by molar-refractivity contribution is 5.91. The fourth-order valence-electron chi connectivity index (χ4n) is 3.01. The zero-order valence-electron chi connectivity index (χ0n) is 15.0. The molecule has 1 aromatic carbocycles. The number of halogens is 3. The van der Waals surface area contributed by atoms with E-state index in [1.807, 2.05) is 0 Å². The van der Waals surface area contributed by atoms with E-state index in [-0.39, 0.29) is 18.5 Å². The van der Waals surface area contributed by atoms with Crippen molar-refractivity contribution in [2.45, 2.75) is 31.6 Å². The van der Waals surface area contributed by atoms with Gasteiger partial charge in [0.1, 0.15) is 0 Å². The predicted molar refractivity (Wildman–Crippen MR) is 94.4 cm³/mol. The molecule has 150 valence electrons. The average Bonchev–Trinajstić information content (AvgIpc) is 3.21. The number of urea groups is 1. The van der Waals surface area contributed by atoms with E-state index in [9.17, 15) is 22.8 Å². The molecule has 0 bridgehead atoms. The summed E-state index contributed by atoms with van der Waals surface area (Å²) in [6.07, 6.45) is -1.71. The second-order valence-corrected chi connectivity index (χ2v) is 6.57. The molecule has 1 aliphatic rings. The lowest BCUT2D eigenvalue weighted by atomic mass is 10.0. The van der Waals surface area contributed by atoms with Gasteiger partial charge in [0.15, 0.2) is 5.76 Å². The summed E-state index contributed by atoms with van der Waals surface area (Å²) in [5, 5.41) is 5.46. The predicted octanol–water partition coefficient (Wildman–Crippen LogP) is 3.40. The molecule has 2 heterocycles. The molecule has 0 aliphatic carbocycles. The van der Waals surface area contributed by atoms with Crippen LogP contribution in [0.1, 0.15) is 34.5 Å². The lowest BCUT2D eigenvalue weighted by Gasteiger charge is -2.31. The molecule has 28 heavy (non-hydrogen) atoms. The fraction of sp³-hybridized carbons (Fsp3) is 0.368. The van der Waals surface area contributed by atoms with E-state index in [0.29, 0.717) is 37.3 Å². The highest BCUT2D eigenvalue weighted by atomic mass is 19.4. The molecule has 1 aliphatic heterocycles. The molecule has 1 aromatic heterocycles. The van der Waals surface area contributed by atoms with Gasteiger partial charge >= 0.3 is 12.2 Å². The third-order valence-corrected chi connectivity index (χ3v) is 4.58. The number of alkyl halides is 3. The normalized spacial score (nSPS) is 15.3. The minimum Gasteiger partial charge on any atom is -0.459 e. The Kier molecular flexibility index (Phi) is 5.91. The van der Waals surface area contributed by atoms with Gasteiger partial charge in [-0.05, 0) is 42.7 Å². The third kappa shape index (κ3) is 5.05. The molecule has 1 saturated heterocycles. The van der Waals surface area contributed by atoms with E-state index in [1.54, 1.807) is 17.0 Å². The number of furan rings is 1. The van der Waals surface area contributed by atoms with Crippen LogP contribution in [-0.4, -0.2) is 36.0 Å². The second-order valence-electron chi connectivity index (χ2n) is 6.57. The fourth-order valence-corrected chi connectivity index (χ4v) is 3.01. The molecule has 2 aromatic rings. The summed E-state index contributed by atoms with van der Waals surface area (Å²) in [7, 11) is 0. The van der Waals surface area contributed by atoms with Crippen LogP contribution in [-0.2, 0) is 12.7 Å². The van der Waals surface area contributed by atoms with Crippen molar-refractivity contribution in [3.8, 4) is 0 Å². The number of likely N-dealkylation sites (tertiary alicyclic amines) is 1. The maximum absolute atomic E-state index is 12.5. The van der Waals surface area contributed by atoms with Gasteiger partial charge in [-0.15, -0.1) is 0 Å². The molecule has 3 amide bonds. The second kappa shape index (κ2) is 8.37. The van der Waals surface area contributed by atoms with Crippen molar-refractivity contribution in [3.05, 3.63) is 59.5 Å².